The first-order valence-electron chi connectivity index (χ1n) is 6.94. The number of carbonyl (C=O) groups excluding carboxylic acids is 1. The molecule has 0 spiro atoms. The van der Waals surface area contributed by atoms with Crippen LogP contribution in [0.3, 0.4) is 0 Å². The third kappa shape index (κ3) is 3.71. The molecule has 0 atom stereocenters. The number of anilines is 1. The summed E-state index contributed by atoms with van der Waals surface area (Å²) in [4.78, 5) is 16.2. The maximum atomic E-state index is 12.0. The molecule has 1 N–H and O–H groups in total. The van der Waals surface area contributed by atoms with Crippen molar-refractivity contribution in [2.45, 2.75) is 12.1 Å². The van der Waals surface area contributed by atoms with Crippen molar-refractivity contribution in [3.63, 3.8) is 0 Å². The van der Waals surface area contributed by atoms with Crippen molar-refractivity contribution in [3.05, 3.63) is 35.3 Å². The summed E-state index contributed by atoms with van der Waals surface area (Å²) in [5, 5.41) is 17.3. The molecule has 0 aliphatic rings. The van der Waals surface area contributed by atoms with Crippen LogP contribution in [0.25, 0.3) is 5.69 Å². The standard InChI is InChI=1S/C14H14N6O2S2/c1-9-7-23-13(15-9)16-12(21)8-24-14-17-18-19-20(14)10-5-3-4-6-11(10)22-2/h3-7H,8H2,1-2H3,(H,15,16,21). The number of aryl methyl sites for hydroxylation is 1. The van der Waals surface area contributed by atoms with Gasteiger partial charge in [-0.1, -0.05) is 23.9 Å². The summed E-state index contributed by atoms with van der Waals surface area (Å²) in [6.07, 6.45) is 0. The highest BCUT2D eigenvalue weighted by Gasteiger charge is 2.15. The highest BCUT2D eigenvalue weighted by atomic mass is 32.2. The quantitative estimate of drug-likeness (QED) is 0.671. The summed E-state index contributed by atoms with van der Waals surface area (Å²) >= 11 is 2.63. The predicted octanol–water partition coefficient (Wildman–Crippen LogP) is 2.17. The van der Waals surface area contributed by atoms with E-state index in [1.807, 2.05) is 36.6 Å². The maximum Gasteiger partial charge on any atom is 0.236 e. The number of ether oxygens (including phenoxy) is 1. The third-order valence-corrected chi connectivity index (χ3v) is 4.75. The van der Waals surface area contributed by atoms with Gasteiger partial charge in [0.1, 0.15) is 11.4 Å². The molecule has 2 aromatic heterocycles. The van der Waals surface area contributed by atoms with Crippen LogP contribution in [0, 0.1) is 6.92 Å². The highest BCUT2D eigenvalue weighted by Crippen LogP contribution is 2.25. The lowest BCUT2D eigenvalue weighted by Gasteiger charge is -2.08. The van der Waals surface area contributed by atoms with Gasteiger partial charge in [-0.15, -0.1) is 16.4 Å². The predicted molar refractivity (Wildman–Crippen MR) is 91.9 cm³/mol. The van der Waals surface area contributed by atoms with E-state index in [0.717, 1.165) is 5.69 Å². The summed E-state index contributed by atoms with van der Waals surface area (Å²) in [7, 11) is 1.58. The van der Waals surface area contributed by atoms with Crippen molar-refractivity contribution < 1.29 is 9.53 Å². The molecule has 0 fully saturated rings. The molecule has 0 bridgehead atoms. The minimum Gasteiger partial charge on any atom is -0.494 e. The Labute approximate surface area is 146 Å². The number of rotatable bonds is 6. The Morgan fingerprint density at radius 2 is 2.25 bits per heavy atom. The third-order valence-electron chi connectivity index (χ3n) is 2.95. The molecule has 0 radical (unpaired) electrons. The zero-order chi connectivity index (χ0) is 16.9. The van der Waals surface area contributed by atoms with E-state index in [2.05, 4.69) is 25.8 Å². The van der Waals surface area contributed by atoms with Crippen LogP contribution in [0.2, 0.25) is 0 Å². The van der Waals surface area contributed by atoms with E-state index in [-0.39, 0.29) is 11.7 Å². The average Bonchev–Trinajstić information content (AvgIpc) is 3.21. The number of amides is 1. The second-order valence-electron chi connectivity index (χ2n) is 4.68. The molecule has 0 aliphatic heterocycles. The smallest absolute Gasteiger partial charge is 0.236 e. The summed E-state index contributed by atoms with van der Waals surface area (Å²) in [6.45, 7) is 1.88. The molecular weight excluding hydrogens is 348 g/mol. The lowest BCUT2D eigenvalue weighted by Crippen LogP contribution is -2.14. The number of aromatic nitrogens is 5. The molecule has 124 valence electrons. The van der Waals surface area contributed by atoms with Crippen molar-refractivity contribution in [1.82, 2.24) is 25.2 Å². The van der Waals surface area contributed by atoms with Crippen molar-refractivity contribution in [2.24, 2.45) is 0 Å². The van der Waals surface area contributed by atoms with E-state index < -0.39 is 0 Å². The Kier molecular flexibility index (Phi) is 5.06. The Morgan fingerprint density at radius 3 is 3.00 bits per heavy atom. The normalized spacial score (nSPS) is 10.6. The topological polar surface area (TPSA) is 94.8 Å². The molecule has 3 rings (SSSR count). The molecule has 1 aromatic carbocycles. The van der Waals surface area contributed by atoms with Gasteiger partial charge >= 0.3 is 0 Å². The number of hydrogen-bond acceptors (Lipinski definition) is 8. The average molecular weight is 362 g/mol. The van der Waals surface area contributed by atoms with Crippen molar-refractivity contribution in [3.8, 4) is 11.4 Å². The van der Waals surface area contributed by atoms with Gasteiger partial charge in [0.2, 0.25) is 11.1 Å². The fourth-order valence-electron chi connectivity index (χ4n) is 1.92. The maximum absolute atomic E-state index is 12.0. The monoisotopic (exact) mass is 362 g/mol. The number of tetrazole rings is 1. The molecule has 24 heavy (non-hydrogen) atoms. The van der Waals surface area contributed by atoms with E-state index in [0.29, 0.717) is 21.7 Å². The van der Waals surface area contributed by atoms with E-state index in [4.69, 9.17) is 4.74 Å². The Bertz CT molecular complexity index is 847. The molecule has 0 aliphatic carbocycles. The lowest BCUT2D eigenvalue weighted by molar-refractivity contribution is -0.113. The first-order chi connectivity index (χ1) is 11.7. The number of benzene rings is 1. The minimum atomic E-state index is -0.163. The Balaban J connectivity index is 1.68. The van der Waals surface area contributed by atoms with Gasteiger partial charge in [-0.2, -0.15) is 4.68 Å². The van der Waals surface area contributed by atoms with Crippen molar-refractivity contribution in [2.75, 3.05) is 18.2 Å². The number of carbonyl (C=O) groups is 1. The summed E-state index contributed by atoms with van der Waals surface area (Å²) in [6, 6.07) is 7.40. The van der Waals surface area contributed by atoms with Gasteiger partial charge in [-0.3, -0.25) is 4.79 Å². The lowest BCUT2D eigenvalue weighted by atomic mass is 10.3. The van der Waals surface area contributed by atoms with Gasteiger partial charge in [0, 0.05) is 5.38 Å². The zero-order valence-electron chi connectivity index (χ0n) is 13.0. The first kappa shape index (κ1) is 16.4. The van der Waals surface area contributed by atoms with Crippen molar-refractivity contribution >= 4 is 34.1 Å². The molecule has 0 unspecified atom stereocenters. The number of nitrogens with one attached hydrogen (secondary N) is 1. The number of thiazole rings is 1. The van der Waals surface area contributed by atoms with Crippen LogP contribution in [0.15, 0.2) is 34.8 Å². The largest absolute Gasteiger partial charge is 0.494 e. The van der Waals surface area contributed by atoms with Crippen LogP contribution in [-0.2, 0) is 4.79 Å². The molecule has 2 heterocycles. The van der Waals surface area contributed by atoms with Gasteiger partial charge in [0.25, 0.3) is 0 Å². The number of nitrogens with zero attached hydrogens (tertiary/aromatic N) is 5. The number of methoxy groups -OCH3 is 1. The van der Waals surface area contributed by atoms with E-state index in [9.17, 15) is 4.79 Å². The van der Waals surface area contributed by atoms with Crippen LogP contribution in [-0.4, -0.2) is 44.0 Å². The van der Waals surface area contributed by atoms with Crippen LogP contribution < -0.4 is 10.1 Å². The zero-order valence-corrected chi connectivity index (χ0v) is 14.6. The Hall–Kier alpha value is -2.46. The minimum absolute atomic E-state index is 0.163. The first-order valence-corrected chi connectivity index (χ1v) is 8.80. The van der Waals surface area contributed by atoms with Crippen molar-refractivity contribution in [1.29, 1.82) is 0 Å². The molecule has 10 heteroatoms. The molecule has 0 saturated carbocycles. The van der Waals surface area contributed by atoms with Crippen LogP contribution in [0.4, 0.5) is 5.13 Å². The van der Waals surface area contributed by atoms with Gasteiger partial charge < -0.3 is 10.1 Å². The SMILES string of the molecule is COc1ccccc1-n1nnnc1SCC(=O)Nc1nc(C)cs1. The second kappa shape index (κ2) is 7.41. The van der Waals surface area contributed by atoms with E-state index in [1.54, 1.807) is 11.8 Å². The fraction of sp³-hybridized carbons (Fsp3) is 0.214. The van der Waals surface area contributed by atoms with E-state index in [1.165, 1.54) is 23.1 Å². The number of para-hydroxylation sites is 2. The summed E-state index contributed by atoms with van der Waals surface area (Å²) in [5.41, 5.74) is 1.59. The second-order valence-corrected chi connectivity index (χ2v) is 6.48. The summed E-state index contributed by atoms with van der Waals surface area (Å²) in [5.74, 6) is 0.659. The van der Waals surface area contributed by atoms with E-state index >= 15 is 0 Å². The fourth-order valence-corrected chi connectivity index (χ4v) is 3.31. The number of hydrogen-bond donors (Lipinski definition) is 1. The van der Waals surface area contributed by atoms with Crippen LogP contribution in [0.1, 0.15) is 5.69 Å². The molecular formula is C14H14N6O2S2. The Morgan fingerprint density at radius 1 is 1.42 bits per heavy atom. The molecule has 1 amide bonds. The molecule has 0 saturated heterocycles. The van der Waals surface area contributed by atoms with Crippen LogP contribution in [0.5, 0.6) is 5.75 Å². The van der Waals surface area contributed by atoms with Crippen LogP contribution >= 0.6 is 23.1 Å². The van der Waals surface area contributed by atoms with Gasteiger partial charge in [-0.05, 0) is 29.5 Å². The van der Waals surface area contributed by atoms with Gasteiger partial charge in [0.05, 0.1) is 18.6 Å². The van der Waals surface area contributed by atoms with Gasteiger partial charge in [-0.25, -0.2) is 4.98 Å². The molecule has 8 nitrogen and oxygen atoms in total. The number of thioether (sulfide) groups is 1. The highest BCUT2D eigenvalue weighted by molar-refractivity contribution is 7.99. The molecule has 3 aromatic rings. The van der Waals surface area contributed by atoms with Gasteiger partial charge in [0.15, 0.2) is 5.13 Å². The summed E-state index contributed by atoms with van der Waals surface area (Å²) < 4.78 is 6.87.